The van der Waals surface area contributed by atoms with Crippen LogP contribution in [0.1, 0.15) is 69.8 Å². The largest absolute Gasteiger partial charge is 0.497 e. The first-order chi connectivity index (χ1) is 14.4. The first-order valence-corrected chi connectivity index (χ1v) is 11.2. The molecule has 1 saturated carbocycles. The number of rotatable bonds is 5. The summed E-state index contributed by atoms with van der Waals surface area (Å²) in [5.74, 6) is 0.624. The van der Waals surface area contributed by atoms with Crippen LogP contribution in [0.5, 0.6) is 5.75 Å². The summed E-state index contributed by atoms with van der Waals surface area (Å²) in [6.07, 6.45) is 6.39. The Hall–Kier alpha value is -2.50. The highest BCUT2D eigenvalue weighted by Gasteiger charge is 2.49. The van der Waals surface area contributed by atoms with Gasteiger partial charge < -0.3 is 19.5 Å². The molecule has 6 nitrogen and oxygen atoms in total. The van der Waals surface area contributed by atoms with Crippen molar-refractivity contribution in [2.24, 2.45) is 0 Å². The van der Waals surface area contributed by atoms with Crippen LogP contribution in [0.2, 0.25) is 0 Å². The molecule has 162 valence electrons. The third kappa shape index (κ3) is 3.36. The molecular weight excluding hydrogens is 378 g/mol. The van der Waals surface area contributed by atoms with Crippen LogP contribution in [0, 0.1) is 0 Å². The monoisotopic (exact) mass is 411 g/mol. The van der Waals surface area contributed by atoms with Gasteiger partial charge in [-0.15, -0.1) is 0 Å². The van der Waals surface area contributed by atoms with Gasteiger partial charge in [0.15, 0.2) is 0 Å². The Balaban J connectivity index is 1.77. The van der Waals surface area contributed by atoms with Crippen LogP contribution in [0.25, 0.3) is 10.9 Å². The zero-order chi connectivity index (χ0) is 21.5. The molecule has 2 heterocycles. The Labute approximate surface area is 178 Å². The summed E-state index contributed by atoms with van der Waals surface area (Å²) in [5, 5.41) is 4.27. The summed E-state index contributed by atoms with van der Waals surface area (Å²) in [6.45, 7) is 6.45. The number of hydrogen-bond acceptors (Lipinski definition) is 3. The number of carbonyl (C=O) groups is 2. The van der Waals surface area contributed by atoms with E-state index in [0.717, 1.165) is 48.8 Å². The molecule has 6 heteroatoms. The Morgan fingerprint density at radius 3 is 2.67 bits per heavy atom. The maximum atomic E-state index is 13.6. The van der Waals surface area contributed by atoms with Gasteiger partial charge in [0.2, 0.25) is 5.91 Å². The topological polar surface area (TPSA) is 63.6 Å². The van der Waals surface area contributed by atoms with Crippen LogP contribution < -0.4 is 10.1 Å². The van der Waals surface area contributed by atoms with Crippen molar-refractivity contribution < 1.29 is 14.3 Å². The number of benzene rings is 1. The number of amides is 2. The van der Waals surface area contributed by atoms with Crippen LogP contribution in [0.3, 0.4) is 0 Å². The van der Waals surface area contributed by atoms with E-state index in [-0.39, 0.29) is 23.9 Å². The van der Waals surface area contributed by atoms with Gasteiger partial charge in [-0.05, 0) is 51.3 Å². The Kier molecular flexibility index (Phi) is 5.51. The van der Waals surface area contributed by atoms with Gasteiger partial charge in [0, 0.05) is 23.5 Å². The molecule has 1 fully saturated rings. The molecule has 2 aliphatic rings. The summed E-state index contributed by atoms with van der Waals surface area (Å²) in [6, 6.07) is 7.94. The lowest BCUT2D eigenvalue weighted by atomic mass is 9.90. The average Bonchev–Trinajstić information content (AvgIpc) is 3.12. The summed E-state index contributed by atoms with van der Waals surface area (Å²) < 4.78 is 7.40. The fourth-order valence-corrected chi connectivity index (χ4v) is 5.08. The lowest BCUT2D eigenvalue weighted by Gasteiger charge is -2.47. The lowest BCUT2D eigenvalue weighted by molar-refractivity contribution is -0.135. The number of nitrogens with zero attached hydrogens (tertiary/aromatic N) is 2. The van der Waals surface area contributed by atoms with Crippen molar-refractivity contribution in [1.29, 1.82) is 0 Å². The van der Waals surface area contributed by atoms with Crippen LogP contribution >= 0.6 is 0 Å². The molecular formula is C24H33N3O3. The maximum Gasteiger partial charge on any atom is 0.271 e. The third-order valence-electron chi connectivity index (χ3n) is 7.01. The number of nitrogens with one attached hydrogen (secondary N) is 1. The van der Waals surface area contributed by atoms with Gasteiger partial charge in [-0.3, -0.25) is 9.59 Å². The standard InChI is InChI=1S/C24H33N3O3/c1-5-16(2)27-22(28)21-13-17-11-12-19(30-4)14-20(17)26(21)15-24(27,3)23(29)25-18-9-7-6-8-10-18/h11-14,16,18H,5-10,15H2,1-4H3,(H,25,29). The molecule has 1 aliphatic heterocycles. The molecule has 0 radical (unpaired) electrons. The zero-order valence-corrected chi connectivity index (χ0v) is 18.5. The molecule has 1 N–H and O–H groups in total. The maximum absolute atomic E-state index is 13.6. The molecule has 1 aromatic carbocycles. The van der Waals surface area contributed by atoms with Crippen molar-refractivity contribution in [2.45, 2.75) is 83.5 Å². The van der Waals surface area contributed by atoms with E-state index in [4.69, 9.17) is 4.74 Å². The highest BCUT2D eigenvalue weighted by molar-refractivity contribution is 6.04. The van der Waals surface area contributed by atoms with Crippen LogP contribution in [0.4, 0.5) is 0 Å². The Morgan fingerprint density at radius 1 is 1.27 bits per heavy atom. The predicted octanol–water partition coefficient (Wildman–Crippen LogP) is 4.11. The molecule has 0 saturated heterocycles. The Bertz CT molecular complexity index is 960. The normalized spacial score (nSPS) is 23.3. The second kappa shape index (κ2) is 7.97. The van der Waals surface area contributed by atoms with Crippen LogP contribution in [-0.2, 0) is 11.3 Å². The molecule has 1 aliphatic carbocycles. The van der Waals surface area contributed by atoms with E-state index >= 15 is 0 Å². The molecule has 1 aromatic heterocycles. The van der Waals surface area contributed by atoms with E-state index in [0.29, 0.717) is 12.2 Å². The van der Waals surface area contributed by atoms with Gasteiger partial charge in [0.1, 0.15) is 17.0 Å². The molecule has 2 atom stereocenters. The fraction of sp³-hybridized carbons (Fsp3) is 0.583. The summed E-state index contributed by atoms with van der Waals surface area (Å²) in [7, 11) is 1.64. The van der Waals surface area contributed by atoms with Crippen LogP contribution in [-0.4, -0.2) is 46.0 Å². The SMILES string of the molecule is CCC(C)N1C(=O)c2cc3ccc(OC)cc3n2CC1(C)C(=O)NC1CCCCC1. The van der Waals surface area contributed by atoms with E-state index < -0.39 is 5.54 Å². The average molecular weight is 412 g/mol. The van der Waals surface area contributed by atoms with Crippen LogP contribution in [0.15, 0.2) is 24.3 Å². The first-order valence-electron chi connectivity index (χ1n) is 11.2. The van der Waals surface area contributed by atoms with Gasteiger partial charge in [0.05, 0.1) is 19.2 Å². The second-order valence-corrected chi connectivity index (χ2v) is 9.06. The second-order valence-electron chi connectivity index (χ2n) is 9.06. The van der Waals surface area contributed by atoms with Gasteiger partial charge in [-0.1, -0.05) is 26.2 Å². The van der Waals surface area contributed by atoms with E-state index in [1.54, 1.807) is 7.11 Å². The fourth-order valence-electron chi connectivity index (χ4n) is 5.08. The van der Waals surface area contributed by atoms with E-state index in [1.807, 2.05) is 47.6 Å². The molecule has 2 aromatic rings. The van der Waals surface area contributed by atoms with E-state index in [1.165, 1.54) is 6.42 Å². The highest BCUT2D eigenvalue weighted by atomic mass is 16.5. The van der Waals surface area contributed by atoms with Gasteiger partial charge in [-0.2, -0.15) is 0 Å². The zero-order valence-electron chi connectivity index (χ0n) is 18.5. The van der Waals surface area contributed by atoms with E-state index in [9.17, 15) is 9.59 Å². The minimum absolute atomic E-state index is 0.0269. The number of ether oxygens (including phenoxy) is 1. The van der Waals surface area contributed by atoms with Crippen molar-refractivity contribution in [3.8, 4) is 5.75 Å². The minimum atomic E-state index is -0.939. The first kappa shape index (κ1) is 20.8. The molecule has 30 heavy (non-hydrogen) atoms. The third-order valence-corrected chi connectivity index (χ3v) is 7.01. The van der Waals surface area contributed by atoms with Crippen molar-refractivity contribution in [3.63, 3.8) is 0 Å². The smallest absolute Gasteiger partial charge is 0.271 e. The van der Waals surface area contributed by atoms with Gasteiger partial charge in [0.25, 0.3) is 5.91 Å². The van der Waals surface area contributed by atoms with Gasteiger partial charge in [-0.25, -0.2) is 0 Å². The molecule has 0 spiro atoms. The Morgan fingerprint density at radius 2 is 2.00 bits per heavy atom. The predicted molar refractivity (Wildman–Crippen MR) is 118 cm³/mol. The number of fused-ring (bicyclic) bond motifs is 3. The summed E-state index contributed by atoms with van der Waals surface area (Å²) >= 11 is 0. The lowest BCUT2D eigenvalue weighted by Crippen LogP contribution is -2.67. The number of methoxy groups -OCH3 is 1. The number of carbonyl (C=O) groups excluding carboxylic acids is 2. The highest BCUT2D eigenvalue weighted by Crippen LogP contribution is 2.35. The molecule has 0 bridgehead atoms. The quantitative estimate of drug-likeness (QED) is 0.805. The molecule has 2 amide bonds. The number of aromatic nitrogens is 1. The minimum Gasteiger partial charge on any atom is -0.497 e. The van der Waals surface area contributed by atoms with Gasteiger partial charge >= 0.3 is 0 Å². The summed E-state index contributed by atoms with van der Waals surface area (Å²) in [4.78, 5) is 29.1. The molecule has 4 rings (SSSR count). The number of hydrogen-bond donors (Lipinski definition) is 1. The van der Waals surface area contributed by atoms with Crippen molar-refractivity contribution >= 4 is 22.7 Å². The van der Waals surface area contributed by atoms with E-state index in [2.05, 4.69) is 12.2 Å². The summed E-state index contributed by atoms with van der Waals surface area (Å²) in [5.41, 5.74) is 0.631. The van der Waals surface area contributed by atoms with Crippen molar-refractivity contribution in [1.82, 2.24) is 14.8 Å². The van der Waals surface area contributed by atoms with Crippen molar-refractivity contribution in [2.75, 3.05) is 7.11 Å². The van der Waals surface area contributed by atoms with Crippen molar-refractivity contribution in [3.05, 3.63) is 30.0 Å². The molecule has 2 unspecified atom stereocenters.